The van der Waals surface area contributed by atoms with E-state index >= 15 is 0 Å². The predicted octanol–water partition coefficient (Wildman–Crippen LogP) is 3.59. The number of hydrogen-bond donors (Lipinski definition) is 1. The largest absolute Gasteiger partial charge is 0.490 e. The molecule has 4 rings (SSSR count). The molecule has 1 radical (unpaired) electrons. The Morgan fingerprint density at radius 3 is 2.80 bits per heavy atom. The summed E-state index contributed by atoms with van der Waals surface area (Å²) in [6, 6.07) is 8.78. The fraction of sp³-hybridized carbons (Fsp3) is 0.429. The normalized spacial score (nSPS) is 20.9. The van der Waals surface area contributed by atoms with Gasteiger partial charge >= 0.3 is 0 Å². The Morgan fingerprint density at radius 2 is 2.13 bits per heavy atom. The molecule has 2 aliphatic heterocycles. The van der Waals surface area contributed by atoms with Crippen LogP contribution in [0.15, 0.2) is 29.3 Å². The van der Waals surface area contributed by atoms with Crippen molar-refractivity contribution in [1.82, 2.24) is 19.1 Å². The van der Waals surface area contributed by atoms with Crippen molar-refractivity contribution in [2.75, 3.05) is 32.7 Å². The maximum absolute atomic E-state index is 12.9. The molecule has 159 valence electrons. The Kier molecular flexibility index (Phi) is 7.46. The summed E-state index contributed by atoms with van der Waals surface area (Å²) >= 11 is 7.61. The molecule has 0 spiro atoms. The third-order valence-electron chi connectivity index (χ3n) is 5.71. The van der Waals surface area contributed by atoms with Crippen LogP contribution in [-0.2, 0) is 42.3 Å². The fourth-order valence-electron chi connectivity index (χ4n) is 3.96. The number of nitrogens with one attached hydrogen (secondary N) is 1. The summed E-state index contributed by atoms with van der Waals surface area (Å²) in [5, 5.41) is 2.72. The molecule has 9 heteroatoms. The van der Waals surface area contributed by atoms with Gasteiger partial charge in [-0.15, -0.1) is 5.41 Å². The SMILES string of the molecule is [3H]C(=O)N1CCC([CH2-])(CN2C(=O)CN(Sc3cc4cc(Cl)ccc4[nH]3)C[C-]2C)CC1.[Y]. The third-order valence-corrected chi connectivity index (χ3v) is 6.88. The molecule has 0 atom stereocenters. The summed E-state index contributed by atoms with van der Waals surface area (Å²) in [4.78, 5) is 30.9. The molecule has 2 fully saturated rings. The summed E-state index contributed by atoms with van der Waals surface area (Å²) in [7, 11) is 0. The Bertz CT molecular complexity index is 966. The van der Waals surface area contributed by atoms with E-state index in [0.717, 1.165) is 22.0 Å². The van der Waals surface area contributed by atoms with E-state index in [2.05, 4.69) is 16.2 Å². The van der Waals surface area contributed by atoms with Crippen LogP contribution in [0.25, 0.3) is 10.9 Å². The first-order chi connectivity index (χ1) is 14.2. The summed E-state index contributed by atoms with van der Waals surface area (Å²) in [6.45, 7) is 8.97. The first-order valence-corrected chi connectivity index (χ1v) is 10.8. The number of amides is 2. The van der Waals surface area contributed by atoms with Crippen LogP contribution < -0.4 is 0 Å². The first-order valence-electron chi connectivity index (χ1n) is 10.2. The standard InChI is InChI=1S/C21H25ClN4O2S.Y/c1-15-11-25(29-19-10-16-9-17(22)3-4-18(16)23-19)12-20(28)26(15)13-21(2)5-7-24(14-27)8-6-21;/h3-4,9-10,14,23H,2,5-8,11-13H2,1H3;/q-2;/i14T;. The molecule has 1 N–H and O–H groups in total. The number of piperazine rings is 1. The van der Waals surface area contributed by atoms with Gasteiger partial charge in [0.1, 0.15) is 1.37 Å². The van der Waals surface area contributed by atoms with Crippen LogP contribution in [0.4, 0.5) is 0 Å². The second-order valence-electron chi connectivity index (χ2n) is 8.05. The van der Waals surface area contributed by atoms with Crippen LogP contribution in [0.5, 0.6) is 0 Å². The summed E-state index contributed by atoms with van der Waals surface area (Å²) in [6.07, 6.45) is 0.760. The quantitative estimate of drug-likeness (QED) is 0.378. The predicted molar refractivity (Wildman–Crippen MR) is 116 cm³/mol. The molecule has 0 unspecified atom stereocenters. The molecule has 6 nitrogen and oxygen atoms in total. The first kappa shape index (κ1) is 22.6. The van der Waals surface area contributed by atoms with Crippen molar-refractivity contribution >= 4 is 46.7 Å². The second kappa shape index (κ2) is 9.91. The number of aromatic amines is 1. The van der Waals surface area contributed by atoms with Crippen LogP contribution >= 0.6 is 23.5 Å². The molecule has 30 heavy (non-hydrogen) atoms. The average molecular weight is 524 g/mol. The molecule has 1 aromatic carbocycles. The van der Waals surface area contributed by atoms with Gasteiger partial charge in [-0.1, -0.05) is 31.0 Å². The molecule has 2 saturated heterocycles. The van der Waals surface area contributed by atoms with E-state index in [1.807, 2.05) is 36.1 Å². The summed E-state index contributed by atoms with van der Waals surface area (Å²) in [5.41, 5.74) is 0.735. The van der Waals surface area contributed by atoms with Crippen molar-refractivity contribution in [1.29, 1.82) is 0 Å². The molecular formula is C21H25ClN4O2SY-2. The van der Waals surface area contributed by atoms with Crippen molar-refractivity contribution in [2.45, 2.75) is 24.8 Å². The Morgan fingerprint density at radius 1 is 1.40 bits per heavy atom. The number of likely N-dealkylation sites (tertiary alicyclic amines) is 1. The smallest absolute Gasteiger partial charge is 0.209 e. The van der Waals surface area contributed by atoms with Gasteiger partial charge in [0.2, 0.25) is 12.3 Å². The van der Waals surface area contributed by atoms with E-state index in [4.69, 9.17) is 13.0 Å². The van der Waals surface area contributed by atoms with Gasteiger partial charge in [-0.2, -0.15) is 6.92 Å². The van der Waals surface area contributed by atoms with Gasteiger partial charge in [0, 0.05) is 61.7 Å². The summed E-state index contributed by atoms with van der Waals surface area (Å²) in [5.74, 6) is 0.0624. The molecule has 0 saturated carbocycles. The van der Waals surface area contributed by atoms with Gasteiger partial charge in [-0.05, 0) is 42.8 Å². The van der Waals surface area contributed by atoms with Crippen LogP contribution in [0.2, 0.25) is 5.02 Å². The summed E-state index contributed by atoms with van der Waals surface area (Å²) < 4.78 is 9.31. The fourth-order valence-corrected chi connectivity index (χ4v) is 5.18. The molecular weight excluding hydrogens is 497 g/mol. The monoisotopic (exact) mass is 523 g/mol. The van der Waals surface area contributed by atoms with E-state index in [-0.39, 0.29) is 44.0 Å². The van der Waals surface area contributed by atoms with E-state index < -0.39 is 6.39 Å². The number of piperidine rings is 1. The maximum atomic E-state index is 12.9. The van der Waals surface area contributed by atoms with Gasteiger partial charge in [-0.25, -0.2) is 6.04 Å². The van der Waals surface area contributed by atoms with Crippen molar-refractivity contribution in [3.05, 3.63) is 42.3 Å². The number of hydrogen-bond acceptors (Lipinski definition) is 4. The number of H-pyrrole nitrogens is 1. The molecule has 1 aromatic heterocycles. The molecule has 0 aliphatic carbocycles. The Labute approximate surface area is 213 Å². The van der Waals surface area contributed by atoms with Crippen LogP contribution in [0.1, 0.15) is 21.1 Å². The van der Waals surface area contributed by atoms with Gasteiger partial charge < -0.3 is 21.7 Å². The van der Waals surface area contributed by atoms with Crippen molar-refractivity contribution < 1.29 is 43.7 Å². The minimum absolute atomic E-state index is 0. The Hall–Kier alpha value is -0.596. The van der Waals surface area contributed by atoms with E-state index in [0.29, 0.717) is 50.6 Å². The number of fused-ring (bicyclic) bond motifs is 1. The number of aromatic nitrogens is 1. The van der Waals surface area contributed by atoms with Gasteiger partial charge in [-0.3, -0.25) is 13.9 Å². The number of nitrogens with zero attached hydrogens (tertiary/aromatic N) is 3. The van der Waals surface area contributed by atoms with Gasteiger partial charge in [0.25, 0.3) is 0 Å². The molecule has 2 aromatic rings. The minimum atomic E-state index is -0.638. The zero-order chi connectivity index (χ0) is 21.5. The molecule has 2 amide bonds. The van der Waals surface area contributed by atoms with Crippen molar-refractivity contribution in [3.8, 4) is 0 Å². The third kappa shape index (κ3) is 5.41. The minimum Gasteiger partial charge on any atom is -0.490 e. The van der Waals surface area contributed by atoms with E-state index in [9.17, 15) is 9.59 Å². The van der Waals surface area contributed by atoms with Gasteiger partial charge in [0.05, 0.1) is 11.6 Å². The number of carbonyl (C=O) groups excluding carboxylic acids is 2. The van der Waals surface area contributed by atoms with Crippen LogP contribution in [0.3, 0.4) is 0 Å². The topological polar surface area (TPSA) is 59.7 Å². The van der Waals surface area contributed by atoms with Crippen molar-refractivity contribution in [2.24, 2.45) is 5.41 Å². The van der Waals surface area contributed by atoms with Crippen LogP contribution in [-0.4, -0.2) is 64.1 Å². The number of benzene rings is 1. The molecule has 0 bridgehead atoms. The number of rotatable bonds is 4. The number of carbonyl (C=O) groups is 2. The van der Waals surface area contributed by atoms with E-state index in [1.54, 1.807) is 11.9 Å². The molecule has 2 aliphatic rings. The zero-order valence-corrected chi connectivity index (χ0v) is 21.4. The van der Waals surface area contributed by atoms with E-state index in [1.165, 1.54) is 4.90 Å². The van der Waals surface area contributed by atoms with Gasteiger partial charge in [0.15, 0.2) is 0 Å². The van der Waals surface area contributed by atoms with Crippen molar-refractivity contribution in [3.63, 3.8) is 0 Å². The zero-order valence-electron chi connectivity index (χ0n) is 18.0. The molecule has 3 heterocycles. The number of halogens is 1. The Balaban J connectivity index is 0.00000272. The second-order valence-corrected chi connectivity index (χ2v) is 9.62. The average Bonchev–Trinajstić information content (AvgIpc) is 3.06. The van der Waals surface area contributed by atoms with Crippen LogP contribution in [0, 0.1) is 18.4 Å². The maximum Gasteiger partial charge on any atom is 0.209 e.